The lowest BCUT2D eigenvalue weighted by molar-refractivity contribution is 0.410. The number of hydrogen-bond acceptors (Lipinski definition) is 3. The van der Waals surface area contributed by atoms with Gasteiger partial charge in [0.05, 0.1) is 6.07 Å². The first-order chi connectivity index (χ1) is 6.85. The highest BCUT2D eigenvalue weighted by Crippen LogP contribution is 2.11. The van der Waals surface area contributed by atoms with E-state index in [4.69, 9.17) is 5.26 Å². The van der Waals surface area contributed by atoms with Crippen LogP contribution < -0.4 is 4.72 Å². The summed E-state index contributed by atoms with van der Waals surface area (Å²) in [6, 6.07) is 1.97. The van der Waals surface area contributed by atoms with Crippen LogP contribution in [-0.2, 0) is 10.2 Å². The lowest BCUT2D eigenvalue weighted by Crippen LogP contribution is -2.50. The van der Waals surface area contributed by atoms with Gasteiger partial charge in [-0.3, -0.25) is 0 Å². The van der Waals surface area contributed by atoms with Crippen LogP contribution in [-0.4, -0.2) is 31.4 Å². The van der Waals surface area contributed by atoms with Gasteiger partial charge in [-0.25, -0.2) is 0 Å². The second-order valence-electron chi connectivity index (χ2n) is 3.49. The molecule has 6 heteroatoms. The lowest BCUT2D eigenvalue weighted by Gasteiger charge is -2.26. The third kappa shape index (κ3) is 3.78. The van der Waals surface area contributed by atoms with Gasteiger partial charge < -0.3 is 0 Å². The molecular formula is C9H19N3O2S. The molecule has 0 amide bonds. The minimum atomic E-state index is -3.54. The van der Waals surface area contributed by atoms with Crippen molar-refractivity contribution >= 4 is 10.2 Å². The van der Waals surface area contributed by atoms with Gasteiger partial charge in [0, 0.05) is 13.1 Å². The van der Waals surface area contributed by atoms with Gasteiger partial charge in [0.15, 0.2) is 0 Å². The number of nitriles is 1. The minimum Gasteiger partial charge on any atom is -0.196 e. The Bertz CT molecular complexity index is 330. The van der Waals surface area contributed by atoms with Gasteiger partial charge >= 0.3 is 0 Å². The zero-order valence-electron chi connectivity index (χ0n) is 9.74. The van der Waals surface area contributed by atoms with E-state index in [1.54, 1.807) is 27.7 Å². The average molecular weight is 233 g/mol. The Morgan fingerprint density at radius 3 is 2.07 bits per heavy atom. The summed E-state index contributed by atoms with van der Waals surface area (Å²) in [7, 11) is -3.54. The molecule has 15 heavy (non-hydrogen) atoms. The molecule has 88 valence electrons. The minimum absolute atomic E-state index is 0.400. The highest BCUT2D eigenvalue weighted by Gasteiger charge is 2.30. The molecule has 1 unspecified atom stereocenters. The van der Waals surface area contributed by atoms with Crippen LogP contribution in [0.25, 0.3) is 0 Å². The summed E-state index contributed by atoms with van der Waals surface area (Å²) in [6.07, 6.45) is 0.435. The van der Waals surface area contributed by atoms with Crippen molar-refractivity contribution in [1.29, 1.82) is 5.26 Å². The van der Waals surface area contributed by atoms with Gasteiger partial charge in [-0.1, -0.05) is 20.8 Å². The van der Waals surface area contributed by atoms with E-state index in [2.05, 4.69) is 4.72 Å². The summed E-state index contributed by atoms with van der Waals surface area (Å²) in [5.74, 6) is 0. The molecule has 0 bridgehead atoms. The van der Waals surface area contributed by atoms with Gasteiger partial charge in [-0.2, -0.15) is 22.7 Å². The molecule has 1 atom stereocenters. The van der Waals surface area contributed by atoms with E-state index < -0.39 is 15.7 Å². The Hall–Kier alpha value is -0.640. The highest BCUT2D eigenvalue weighted by atomic mass is 32.2. The Balaban J connectivity index is 4.87. The maximum Gasteiger partial charge on any atom is 0.280 e. The number of hydrogen-bond donors (Lipinski definition) is 1. The third-order valence-electron chi connectivity index (χ3n) is 2.35. The SMILES string of the molecule is CCN(CC)S(=O)(=O)NC(C)(C#N)CC. The quantitative estimate of drug-likeness (QED) is 0.739. The molecule has 0 heterocycles. The molecule has 0 spiro atoms. The van der Waals surface area contributed by atoms with Gasteiger partial charge in [0.1, 0.15) is 5.54 Å². The van der Waals surface area contributed by atoms with E-state index in [-0.39, 0.29) is 0 Å². The second kappa shape index (κ2) is 5.45. The highest BCUT2D eigenvalue weighted by molar-refractivity contribution is 7.87. The third-order valence-corrected chi connectivity index (χ3v) is 4.26. The molecule has 0 rings (SSSR count). The monoisotopic (exact) mass is 233 g/mol. The summed E-state index contributed by atoms with van der Waals surface area (Å²) in [5, 5.41) is 8.88. The Kier molecular flexibility index (Phi) is 5.21. The molecule has 0 aliphatic carbocycles. The van der Waals surface area contributed by atoms with E-state index in [1.165, 1.54) is 4.31 Å². The fraction of sp³-hybridized carbons (Fsp3) is 0.889. The van der Waals surface area contributed by atoms with Crippen LogP contribution in [0.3, 0.4) is 0 Å². The molecule has 0 aromatic carbocycles. The predicted molar refractivity (Wildman–Crippen MR) is 59.3 cm³/mol. The second-order valence-corrected chi connectivity index (χ2v) is 5.16. The summed E-state index contributed by atoms with van der Waals surface area (Å²) < 4.78 is 27.3. The average Bonchev–Trinajstić information content (AvgIpc) is 2.18. The normalized spacial score (nSPS) is 16.0. The Labute approximate surface area is 92.3 Å². The van der Waals surface area contributed by atoms with Crippen molar-refractivity contribution in [3.8, 4) is 6.07 Å². The van der Waals surface area contributed by atoms with Crippen LogP contribution >= 0.6 is 0 Å². The van der Waals surface area contributed by atoms with Gasteiger partial charge in [0.2, 0.25) is 0 Å². The molecule has 0 saturated heterocycles. The molecule has 0 aliphatic rings. The maximum absolute atomic E-state index is 11.8. The van der Waals surface area contributed by atoms with Crippen molar-refractivity contribution in [3.63, 3.8) is 0 Å². The van der Waals surface area contributed by atoms with E-state index in [0.29, 0.717) is 19.5 Å². The molecule has 0 aromatic rings. The van der Waals surface area contributed by atoms with Crippen molar-refractivity contribution in [1.82, 2.24) is 9.03 Å². The zero-order chi connectivity index (χ0) is 12.1. The van der Waals surface area contributed by atoms with Crippen molar-refractivity contribution < 1.29 is 8.42 Å². The number of nitrogens with zero attached hydrogens (tertiary/aromatic N) is 2. The summed E-state index contributed by atoms with van der Waals surface area (Å²) >= 11 is 0. The summed E-state index contributed by atoms with van der Waals surface area (Å²) in [5.41, 5.74) is -1.03. The molecular weight excluding hydrogens is 214 g/mol. The standard InChI is InChI=1S/C9H19N3O2S/c1-5-9(4,8-10)11-15(13,14)12(6-2)7-3/h11H,5-7H2,1-4H3. The van der Waals surface area contributed by atoms with Crippen LogP contribution in [0.15, 0.2) is 0 Å². The van der Waals surface area contributed by atoms with E-state index in [9.17, 15) is 8.42 Å². The first-order valence-corrected chi connectivity index (χ1v) is 6.49. The van der Waals surface area contributed by atoms with E-state index >= 15 is 0 Å². The first kappa shape index (κ1) is 14.4. The van der Waals surface area contributed by atoms with Crippen molar-refractivity contribution in [2.45, 2.75) is 39.7 Å². The Morgan fingerprint density at radius 2 is 1.80 bits per heavy atom. The number of rotatable bonds is 6. The molecule has 0 radical (unpaired) electrons. The van der Waals surface area contributed by atoms with Gasteiger partial charge in [0.25, 0.3) is 10.2 Å². The van der Waals surface area contributed by atoms with Crippen LogP contribution in [0.4, 0.5) is 0 Å². The maximum atomic E-state index is 11.8. The fourth-order valence-electron chi connectivity index (χ4n) is 1.09. The lowest BCUT2D eigenvalue weighted by atomic mass is 10.0. The molecule has 0 saturated carbocycles. The molecule has 0 aliphatic heterocycles. The fourth-order valence-corrected chi connectivity index (χ4v) is 2.66. The largest absolute Gasteiger partial charge is 0.280 e. The van der Waals surface area contributed by atoms with Gasteiger partial charge in [-0.15, -0.1) is 0 Å². The molecule has 0 fully saturated rings. The summed E-state index contributed by atoms with van der Waals surface area (Å²) in [6.45, 7) is 7.67. The van der Waals surface area contributed by atoms with Crippen LogP contribution in [0, 0.1) is 11.3 Å². The first-order valence-electron chi connectivity index (χ1n) is 5.05. The topological polar surface area (TPSA) is 73.2 Å². The zero-order valence-corrected chi connectivity index (χ0v) is 10.6. The molecule has 1 N–H and O–H groups in total. The van der Waals surface area contributed by atoms with Crippen LogP contribution in [0.2, 0.25) is 0 Å². The van der Waals surface area contributed by atoms with E-state index in [1.807, 2.05) is 6.07 Å². The van der Waals surface area contributed by atoms with Crippen LogP contribution in [0.5, 0.6) is 0 Å². The predicted octanol–water partition coefficient (Wildman–Crippen LogP) is 0.855. The Morgan fingerprint density at radius 1 is 1.33 bits per heavy atom. The van der Waals surface area contributed by atoms with Crippen molar-refractivity contribution in [2.24, 2.45) is 0 Å². The molecule has 5 nitrogen and oxygen atoms in total. The van der Waals surface area contributed by atoms with Crippen molar-refractivity contribution in [2.75, 3.05) is 13.1 Å². The van der Waals surface area contributed by atoms with Crippen molar-refractivity contribution in [3.05, 3.63) is 0 Å². The van der Waals surface area contributed by atoms with E-state index in [0.717, 1.165) is 0 Å². The summed E-state index contributed by atoms with van der Waals surface area (Å²) in [4.78, 5) is 0. The molecule has 0 aromatic heterocycles. The smallest absolute Gasteiger partial charge is 0.196 e. The van der Waals surface area contributed by atoms with Gasteiger partial charge in [-0.05, 0) is 13.3 Å². The number of nitrogens with one attached hydrogen (secondary N) is 1. The van der Waals surface area contributed by atoms with Crippen LogP contribution in [0.1, 0.15) is 34.1 Å².